The first-order valence-corrected chi connectivity index (χ1v) is 10.4. The maximum Gasteiger partial charge on any atom is 0.343 e. The molecule has 0 amide bonds. The van der Waals surface area contributed by atoms with Crippen LogP contribution in [0.3, 0.4) is 0 Å². The lowest BCUT2D eigenvalue weighted by atomic mass is 10.0. The molecule has 1 saturated heterocycles. The van der Waals surface area contributed by atoms with Crippen molar-refractivity contribution in [1.82, 2.24) is 14.5 Å². The van der Waals surface area contributed by atoms with E-state index >= 15 is 4.39 Å². The number of fused-ring (bicyclic) bond motifs is 1. The summed E-state index contributed by atoms with van der Waals surface area (Å²) >= 11 is 0. The van der Waals surface area contributed by atoms with E-state index in [1.165, 1.54) is 29.8 Å². The van der Waals surface area contributed by atoms with Crippen LogP contribution in [0.2, 0.25) is 0 Å². The molecule has 2 aromatic heterocycles. The van der Waals surface area contributed by atoms with Gasteiger partial charge < -0.3 is 14.5 Å². The molecule has 0 atom stereocenters. The van der Waals surface area contributed by atoms with E-state index in [4.69, 9.17) is 4.74 Å². The van der Waals surface area contributed by atoms with Crippen molar-refractivity contribution in [2.24, 2.45) is 0 Å². The van der Waals surface area contributed by atoms with E-state index in [1.54, 1.807) is 13.0 Å². The quantitative estimate of drug-likeness (QED) is 0.579. The molecule has 0 radical (unpaired) electrons. The number of aromatic nitrogens is 2. The van der Waals surface area contributed by atoms with Crippen LogP contribution in [-0.4, -0.2) is 60.3 Å². The van der Waals surface area contributed by atoms with Crippen molar-refractivity contribution in [1.29, 1.82) is 0 Å². The average Bonchev–Trinajstić information content (AvgIpc) is 2.77. The zero-order valence-corrected chi connectivity index (χ0v) is 18.2. The first-order chi connectivity index (χ1) is 15.3. The molecule has 1 fully saturated rings. The Morgan fingerprint density at radius 1 is 1.19 bits per heavy atom. The Bertz CT molecular complexity index is 1230. The number of benzene rings is 1. The van der Waals surface area contributed by atoms with E-state index in [0.717, 1.165) is 19.3 Å². The highest BCUT2D eigenvalue weighted by Crippen LogP contribution is 2.31. The van der Waals surface area contributed by atoms with Crippen LogP contribution in [0, 0.1) is 18.6 Å². The van der Waals surface area contributed by atoms with Crippen molar-refractivity contribution in [2.75, 3.05) is 44.7 Å². The van der Waals surface area contributed by atoms with Gasteiger partial charge in [-0.05, 0) is 39.1 Å². The van der Waals surface area contributed by atoms with Crippen LogP contribution < -0.4 is 10.3 Å². The van der Waals surface area contributed by atoms with Crippen molar-refractivity contribution < 1.29 is 18.3 Å². The number of ether oxygens (including phenoxy) is 1. The Morgan fingerprint density at radius 3 is 2.53 bits per heavy atom. The van der Waals surface area contributed by atoms with Crippen molar-refractivity contribution in [3.63, 3.8) is 0 Å². The summed E-state index contributed by atoms with van der Waals surface area (Å²) in [5.74, 6) is -1.54. The number of aryl methyl sites for hydroxylation is 1. The lowest BCUT2D eigenvalue weighted by Crippen LogP contribution is -2.45. The van der Waals surface area contributed by atoms with Gasteiger partial charge in [-0.2, -0.15) is 0 Å². The van der Waals surface area contributed by atoms with Crippen molar-refractivity contribution >= 4 is 22.6 Å². The topological polar surface area (TPSA) is 67.7 Å². The highest BCUT2D eigenvalue weighted by molar-refractivity contribution is 5.96. The largest absolute Gasteiger partial charge is 0.462 e. The number of esters is 1. The Morgan fingerprint density at radius 2 is 1.91 bits per heavy atom. The molecule has 3 heterocycles. The molecule has 0 aliphatic carbocycles. The number of halogens is 2. The first-order valence-electron chi connectivity index (χ1n) is 10.4. The molecule has 0 spiro atoms. The van der Waals surface area contributed by atoms with Gasteiger partial charge in [0, 0.05) is 37.9 Å². The van der Waals surface area contributed by atoms with Gasteiger partial charge in [-0.1, -0.05) is 0 Å². The van der Waals surface area contributed by atoms with E-state index in [9.17, 15) is 14.0 Å². The summed E-state index contributed by atoms with van der Waals surface area (Å²) in [5, 5.41) is 0.0667. The van der Waals surface area contributed by atoms with Gasteiger partial charge >= 0.3 is 5.97 Å². The molecule has 1 aliphatic heterocycles. The van der Waals surface area contributed by atoms with Crippen LogP contribution >= 0.6 is 0 Å². The van der Waals surface area contributed by atoms with Crippen LogP contribution in [0.5, 0.6) is 0 Å². The maximum atomic E-state index is 15.5. The molecule has 0 saturated carbocycles. The van der Waals surface area contributed by atoms with Gasteiger partial charge in [-0.15, -0.1) is 0 Å². The molecule has 168 valence electrons. The average molecular weight is 442 g/mol. The van der Waals surface area contributed by atoms with Crippen molar-refractivity contribution in [3.8, 4) is 5.82 Å². The maximum absolute atomic E-state index is 15.5. The lowest BCUT2D eigenvalue weighted by molar-refractivity contribution is 0.0524. The Balaban J connectivity index is 2.01. The Hall–Kier alpha value is -3.33. The lowest BCUT2D eigenvalue weighted by Gasteiger charge is -2.34. The second-order valence-electron chi connectivity index (χ2n) is 7.82. The number of carbonyl (C=O) groups excluding carboxylic acids is 1. The number of likely N-dealkylation sites (N-methyl/N-ethyl adjacent to an activating group) is 1. The fourth-order valence-corrected chi connectivity index (χ4v) is 3.96. The fraction of sp³-hybridized carbons (Fsp3) is 0.348. The summed E-state index contributed by atoms with van der Waals surface area (Å²) in [6.45, 7) is 6.08. The van der Waals surface area contributed by atoms with Crippen LogP contribution in [0.15, 0.2) is 35.4 Å². The summed E-state index contributed by atoms with van der Waals surface area (Å²) < 4.78 is 35.5. The third-order valence-corrected chi connectivity index (χ3v) is 5.75. The summed E-state index contributed by atoms with van der Waals surface area (Å²) in [6, 6.07) is 4.26. The van der Waals surface area contributed by atoms with Gasteiger partial charge in [0.2, 0.25) is 5.43 Å². The summed E-state index contributed by atoms with van der Waals surface area (Å²) in [5.41, 5.74) is 0.0548. The first kappa shape index (κ1) is 21.9. The number of hydrogen-bond donors (Lipinski definition) is 0. The van der Waals surface area contributed by atoms with E-state index in [-0.39, 0.29) is 28.9 Å². The second-order valence-corrected chi connectivity index (χ2v) is 7.82. The summed E-state index contributed by atoms with van der Waals surface area (Å²) in [4.78, 5) is 33.9. The molecule has 1 aliphatic rings. The molecule has 1 aromatic carbocycles. The molecule has 0 N–H and O–H groups in total. The van der Waals surface area contributed by atoms with E-state index < -0.39 is 23.0 Å². The van der Waals surface area contributed by atoms with E-state index in [1.807, 2.05) is 11.9 Å². The predicted octanol–water partition coefficient (Wildman–Crippen LogP) is 2.90. The normalized spacial score (nSPS) is 14.7. The number of hydrogen-bond acceptors (Lipinski definition) is 6. The zero-order valence-electron chi connectivity index (χ0n) is 18.2. The SMILES string of the molecule is CCOC(=O)c1cn(-c2ccc(F)cn2)c2cc(N3CCN(C)CC3)c(F)c(C)c2c1=O. The van der Waals surface area contributed by atoms with Gasteiger partial charge in [0.25, 0.3) is 0 Å². The molecule has 3 aromatic rings. The van der Waals surface area contributed by atoms with E-state index in [2.05, 4.69) is 9.88 Å². The summed E-state index contributed by atoms with van der Waals surface area (Å²) in [6.07, 6.45) is 2.37. The third-order valence-electron chi connectivity index (χ3n) is 5.75. The minimum Gasteiger partial charge on any atom is -0.462 e. The number of piperazine rings is 1. The summed E-state index contributed by atoms with van der Waals surface area (Å²) in [7, 11) is 2.01. The fourth-order valence-electron chi connectivity index (χ4n) is 3.96. The monoisotopic (exact) mass is 442 g/mol. The van der Waals surface area contributed by atoms with Crippen molar-refractivity contribution in [3.05, 3.63) is 63.6 Å². The Labute approximate surface area is 183 Å². The minimum atomic E-state index is -0.807. The molecule has 9 heteroatoms. The predicted molar refractivity (Wildman–Crippen MR) is 118 cm³/mol. The molecule has 0 unspecified atom stereocenters. The zero-order chi connectivity index (χ0) is 23.0. The van der Waals surface area contributed by atoms with Gasteiger partial charge in [-0.25, -0.2) is 18.6 Å². The standard InChI is InChI=1S/C23H24F2N4O3/c1-4-32-23(31)16-13-29(19-6-5-15(24)12-26-19)17-11-18(28-9-7-27(3)8-10-28)21(25)14(2)20(17)22(16)30/h5-6,11-13H,4,7-10H2,1-3H3. The van der Waals surface area contributed by atoms with Gasteiger partial charge in [0.1, 0.15) is 23.0 Å². The Kier molecular flexibility index (Phi) is 5.92. The van der Waals surface area contributed by atoms with Crippen LogP contribution in [0.4, 0.5) is 14.5 Å². The highest BCUT2D eigenvalue weighted by Gasteiger charge is 2.25. The molecule has 4 rings (SSSR count). The molecule has 0 bridgehead atoms. The van der Waals surface area contributed by atoms with Gasteiger partial charge in [0.15, 0.2) is 0 Å². The minimum absolute atomic E-state index is 0.0667. The molecule has 7 nitrogen and oxygen atoms in total. The van der Waals surface area contributed by atoms with E-state index in [0.29, 0.717) is 24.3 Å². The number of anilines is 1. The van der Waals surface area contributed by atoms with Gasteiger partial charge in [0.05, 0.1) is 29.4 Å². The number of pyridine rings is 2. The second kappa shape index (κ2) is 8.66. The number of nitrogens with zero attached hydrogens (tertiary/aromatic N) is 4. The van der Waals surface area contributed by atoms with Crippen LogP contribution in [0.1, 0.15) is 22.8 Å². The van der Waals surface area contributed by atoms with Crippen molar-refractivity contribution in [2.45, 2.75) is 13.8 Å². The number of rotatable bonds is 4. The number of carbonyl (C=O) groups is 1. The van der Waals surface area contributed by atoms with Crippen LogP contribution in [-0.2, 0) is 4.74 Å². The smallest absolute Gasteiger partial charge is 0.343 e. The molecule has 32 heavy (non-hydrogen) atoms. The molecular formula is C23H24F2N4O3. The van der Waals surface area contributed by atoms with Crippen LogP contribution in [0.25, 0.3) is 16.7 Å². The third kappa shape index (κ3) is 3.84. The van der Waals surface area contributed by atoms with Gasteiger partial charge in [-0.3, -0.25) is 9.36 Å². The molecular weight excluding hydrogens is 418 g/mol. The highest BCUT2D eigenvalue weighted by atomic mass is 19.1.